The smallest absolute Gasteiger partial charge is 0.306 e. The third-order valence-electron chi connectivity index (χ3n) is 3.14. The summed E-state index contributed by atoms with van der Waals surface area (Å²) >= 11 is 3.46. The number of aryl methyl sites for hydroxylation is 1. The third kappa shape index (κ3) is 3.57. The number of hydrogen-bond acceptors (Lipinski definition) is 5. The van der Waals surface area contributed by atoms with Gasteiger partial charge in [-0.05, 0) is 35.0 Å². The van der Waals surface area contributed by atoms with Crippen LogP contribution in [0.25, 0.3) is 11.4 Å². The van der Waals surface area contributed by atoms with Crippen molar-refractivity contribution < 1.29 is 14.6 Å². The first-order chi connectivity index (χ1) is 10.0. The average molecular weight is 355 g/mol. The molecule has 7 nitrogen and oxygen atoms in total. The number of methoxy groups -OCH3 is 1. The van der Waals surface area contributed by atoms with Gasteiger partial charge in [-0.1, -0.05) is 22.9 Å². The summed E-state index contributed by atoms with van der Waals surface area (Å²) in [6.45, 7) is 2.09. The van der Waals surface area contributed by atoms with Gasteiger partial charge in [0.1, 0.15) is 5.75 Å². The maximum absolute atomic E-state index is 10.9. The molecule has 0 saturated carbocycles. The van der Waals surface area contributed by atoms with Crippen molar-refractivity contribution in [1.29, 1.82) is 0 Å². The van der Waals surface area contributed by atoms with Crippen molar-refractivity contribution in [3.63, 3.8) is 0 Å². The summed E-state index contributed by atoms with van der Waals surface area (Å²) in [5.41, 5.74) is 0.794. The summed E-state index contributed by atoms with van der Waals surface area (Å²) in [6.07, 6.45) is 0.453. The lowest BCUT2D eigenvalue weighted by molar-refractivity contribution is -0.141. The molecule has 8 heteroatoms. The van der Waals surface area contributed by atoms with Crippen LogP contribution in [0, 0.1) is 5.92 Å². The summed E-state index contributed by atoms with van der Waals surface area (Å²) in [4.78, 5) is 10.9. The maximum Gasteiger partial charge on any atom is 0.306 e. The lowest BCUT2D eigenvalue weighted by atomic mass is 10.1. The normalized spacial score (nSPS) is 12.1. The van der Waals surface area contributed by atoms with Gasteiger partial charge in [-0.15, -0.1) is 5.10 Å². The number of aromatic nitrogens is 4. The van der Waals surface area contributed by atoms with E-state index in [1.54, 1.807) is 18.7 Å². The Labute approximate surface area is 130 Å². The lowest BCUT2D eigenvalue weighted by Gasteiger charge is -2.09. The molecule has 1 N–H and O–H groups in total. The number of rotatable bonds is 6. The van der Waals surface area contributed by atoms with E-state index in [0.717, 1.165) is 10.0 Å². The Hall–Kier alpha value is -1.96. The highest BCUT2D eigenvalue weighted by molar-refractivity contribution is 9.10. The third-order valence-corrected chi connectivity index (χ3v) is 3.83. The van der Waals surface area contributed by atoms with E-state index in [4.69, 9.17) is 9.84 Å². The Bertz CT molecular complexity index is 644. The van der Waals surface area contributed by atoms with Crippen molar-refractivity contribution in [3.05, 3.63) is 22.7 Å². The molecule has 0 saturated heterocycles. The van der Waals surface area contributed by atoms with E-state index in [1.165, 1.54) is 0 Å². The first-order valence-corrected chi connectivity index (χ1v) is 7.15. The fourth-order valence-corrected chi connectivity index (χ4v) is 2.21. The van der Waals surface area contributed by atoms with E-state index in [2.05, 4.69) is 31.5 Å². The van der Waals surface area contributed by atoms with Crippen molar-refractivity contribution in [2.75, 3.05) is 7.11 Å². The van der Waals surface area contributed by atoms with Gasteiger partial charge in [-0.25, -0.2) is 4.68 Å². The van der Waals surface area contributed by atoms with Gasteiger partial charge < -0.3 is 9.84 Å². The molecule has 0 aliphatic carbocycles. The zero-order chi connectivity index (χ0) is 15.4. The molecule has 0 bridgehead atoms. The number of nitrogens with zero attached hydrogens (tertiary/aromatic N) is 4. The molecular formula is C13H15BrN4O3. The van der Waals surface area contributed by atoms with Crippen LogP contribution in [0.4, 0.5) is 0 Å². The molecule has 1 heterocycles. The van der Waals surface area contributed by atoms with Crippen LogP contribution in [0.1, 0.15) is 13.3 Å². The maximum atomic E-state index is 10.9. The van der Waals surface area contributed by atoms with Crippen LogP contribution in [-0.4, -0.2) is 38.4 Å². The van der Waals surface area contributed by atoms with Crippen LogP contribution in [-0.2, 0) is 11.3 Å². The minimum absolute atomic E-state index is 0.430. The van der Waals surface area contributed by atoms with E-state index in [0.29, 0.717) is 24.5 Å². The minimum atomic E-state index is -0.827. The molecule has 1 aromatic heterocycles. The Morgan fingerprint density at radius 3 is 2.95 bits per heavy atom. The first kappa shape index (κ1) is 15.4. The zero-order valence-corrected chi connectivity index (χ0v) is 13.2. The Morgan fingerprint density at radius 2 is 2.29 bits per heavy atom. The average Bonchev–Trinajstić information content (AvgIpc) is 2.93. The van der Waals surface area contributed by atoms with Crippen LogP contribution < -0.4 is 4.74 Å². The molecular weight excluding hydrogens is 340 g/mol. The van der Waals surface area contributed by atoms with Crippen molar-refractivity contribution >= 4 is 21.9 Å². The lowest BCUT2D eigenvalue weighted by Crippen LogP contribution is -2.14. The second-order valence-corrected chi connectivity index (χ2v) is 5.45. The predicted molar refractivity (Wildman–Crippen MR) is 78.9 cm³/mol. The monoisotopic (exact) mass is 354 g/mol. The van der Waals surface area contributed by atoms with Gasteiger partial charge in [0.2, 0.25) is 0 Å². The fraction of sp³-hybridized carbons (Fsp3) is 0.385. The fourth-order valence-electron chi connectivity index (χ4n) is 1.79. The summed E-state index contributed by atoms with van der Waals surface area (Å²) in [7, 11) is 1.59. The summed E-state index contributed by atoms with van der Waals surface area (Å²) in [5.74, 6) is -0.0111. The van der Waals surface area contributed by atoms with Crippen LogP contribution in [0.2, 0.25) is 0 Å². The van der Waals surface area contributed by atoms with Gasteiger partial charge in [0.25, 0.3) is 0 Å². The van der Waals surface area contributed by atoms with Gasteiger partial charge >= 0.3 is 5.97 Å². The number of carboxylic acids is 1. The molecule has 2 rings (SSSR count). The second-order valence-electron chi connectivity index (χ2n) is 4.60. The van der Waals surface area contributed by atoms with Crippen LogP contribution in [0.3, 0.4) is 0 Å². The van der Waals surface area contributed by atoms with Gasteiger partial charge in [-0.3, -0.25) is 4.79 Å². The number of aliphatic carboxylic acids is 1. The molecule has 1 atom stereocenters. The van der Waals surface area contributed by atoms with E-state index in [9.17, 15) is 4.79 Å². The molecule has 1 aromatic carbocycles. The standard InChI is InChI=1S/C13H15BrN4O3/c1-8(13(19)20)5-6-18-12(15-16-17-18)10-7-9(21-2)3-4-11(10)14/h3-4,7-8H,5-6H2,1-2H3,(H,19,20). The number of benzene rings is 1. The van der Waals surface area contributed by atoms with Crippen LogP contribution in [0.15, 0.2) is 22.7 Å². The quantitative estimate of drug-likeness (QED) is 0.855. The largest absolute Gasteiger partial charge is 0.497 e. The van der Waals surface area contributed by atoms with Crippen LogP contribution >= 0.6 is 15.9 Å². The second kappa shape index (κ2) is 6.66. The SMILES string of the molecule is COc1ccc(Br)c(-c2nnnn2CCC(C)C(=O)O)c1. The van der Waals surface area contributed by atoms with Gasteiger partial charge in [0.15, 0.2) is 5.82 Å². The Kier molecular flexibility index (Phi) is 4.89. The van der Waals surface area contributed by atoms with E-state index < -0.39 is 11.9 Å². The van der Waals surface area contributed by atoms with Crippen molar-refractivity contribution in [2.45, 2.75) is 19.9 Å². The number of tetrazole rings is 1. The molecule has 112 valence electrons. The molecule has 1 unspecified atom stereocenters. The zero-order valence-electron chi connectivity index (χ0n) is 11.7. The summed E-state index contributed by atoms with van der Waals surface area (Å²) in [6, 6.07) is 5.51. The molecule has 0 aliphatic rings. The molecule has 0 spiro atoms. The molecule has 21 heavy (non-hydrogen) atoms. The van der Waals surface area contributed by atoms with Gasteiger partial charge in [0.05, 0.1) is 13.0 Å². The number of carboxylic acid groups (broad SMARTS) is 1. The number of carbonyl (C=O) groups is 1. The Morgan fingerprint density at radius 1 is 1.52 bits per heavy atom. The number of halogens is 1. The van der Waals surface area contributed by atoms with Crippen molar-refractivity contribution in [1.82, 2.24) is 20.2 Å². The summed E-state index contributed by atoms with van der Waals surface area (Å²) in [5, 5.41) is 20.5. The number of ether oxygens (including phenoxy) is 1. The Balaban J connectivity index is 2.26. The number of hydrogen-bond donors (Lipinski definition) is 1. The van der Waals surface area contributed by atoms with Crippen LogP contribution in [0.5, 0.6) is 5.75 Å². The van der Waals surface area contributed by atoms with Crippen molar-refractivity contribution in [3.8, 4) is 17.1 Å². The molecule has 0 aliphatic heterocycles. The summed E-state index contributed by atoms with van der Waals surface area (Å²) < 4.78 is 7.64. The molecule has 2 aromatic rings. The van der Waals surface area contributed by atoms with Gasteiger partial charge in [-0.2, -0.15) is 0 Å². The topological polar surface area (TPSA) is 90.1 Å². The highest BCUT2D eigenvalue weighted by Gasteiger charge is 2.16. The minimum Gasteiger partial charge on any atom is -0.497 e. The highest BCUT2D eigenvalue weighted by atomic mass is 79.9. The van der Waals surface area contributed by atoms with E-state index >= 15 is 0 Å². The van der Waals surface area contributed by atoms with Crippen molar-refractivity contribution in [2.24, 2.45) is 5.92 Å². The first-order valence-electron chi connectivity index (χ1n) is 6.35. The molecule has 0 radical (unpaired) electrons. The van der Waals surface area contributed by atoms with E-state index in [1.807, 2.05) is 18.2 Å². The highest BCUT2D eigenvalue weighted by Crippen LogP contribution is 2.30. The predicted octanol–water partition coefficient (Wildman–Crippen LogP) is 2.22. The molecule has 0 amide bonds. The van der Waals surface area contributed by atoms with Gasteiger partial charge in [0, 0.05) is 16.6 Å². The van der Waals surface area contributed by atoms with E-state index in [-0.39, 0.29) is 0 Å². The molecule has 0 fully saturated rings.